The number of piperidine rings is 1. The lowest BCUT2D eigenvalue weighted by atomic mass is 9.47. The van der Waals surface area contributed by atoms with E-state index in [-0.39, 0.29) is 23.5 Å². The topological polar surface area (TPSA) is 78.9 Å². The van der Waals surface area contributed by atoms with E-state index in [0.29, 0.717) is 24.2 Å². The zero-order valence-corrected chi connectivity index (χ0v) is 18.5. The molecule has 3 aliphatic carbocycles. The Bertz CT molecular complexity index is 1180. The first kappa shape index (κ1) is 19.6. The Labute approximate surface area is 192 Å². The molecule has 6 nitrogen and oxygen atoms in total. The fraction of sp³-hybridized carbons (Fsp3) is 0.481. The van der Waals surface area contributed by atoms with E-state index >= 15 is 0 Å². The van der Waals surface area contributed by atoms with Crippen molar-refractivity contribution in [2.24, 2.45) is 5.92 Å². The third-order valence-electron chi connectivity index (χ3n) is 8.99. The first-order valence-corrected chi connectivity index (χ1v) is 12.2. The fourth-order valence-electron chi connectivity index (χ4n) is 7.43. The number of hydrogen-bond acceptors (Lipinski definition) is 5. The number of carbonyl (C=O) groups excluding carboxylic acids is 2. The highest BCUT2D eigenvalue weighted by molar-refractivity contribution is 5.96. The molecule has 1 amide bonds. The smallest absolute Gasteiger partial charge is 0.251 e. The number of nitrogens with one attached hydrogen (secondary N) is 1. The molecule has 2 N–H and O–H groups in total. The van der Waals surface area contributed by atoms with Crippen LogP contribution in [0.25, 0.3) is 0 Å². The van der Waals surface area contributed by atoms with Gasteiger partial charge in [-0.1, -0.05) is 24.3 Å². The number of phenolic OH excluding ortho intramolecular Hbond substituents is 1. The first-order chi connectivity index (χ1) is 16.0. The second-order valence-corrected chi connectivity index (χ2v) is 10.6. The summed E-state index contributed by atoms with van der Waals surface area (Å²) in [5.41, 5.74) is 1.49. The van der Waals surface area contributed by atoms with Crippen molar-refractivity contribution in [3.05, 3.63) is 59.2 Å². The summed E-state index contributed by atoms with van der Waals surface area (Å²) < 4.78 is 6.29. The van der Waals surface area contributed by atoms with Gasteiger partial charge in [0.15, 0.2) is 23.4 Å². The van der Waals surface area contributed by atoms with Gasteiger partial charge < -0.3 is 15.2 Å². The third-order valence-corrected chi connectivity index (χ3v) is 8.99. The van der Waals surface area contributed by atoms with Gasteiger partial charge in [0.1, 0.15) is 0 Å². The molecule has 7 rings (SSSR count). The lowest BCUT2D eigenvalue weighted by Crippen LogP contribution is -2.81. The molecule has 2 heterocycles. The van der Waals surface area contributed by atoms with E-state index in [9.17, 15) is 14.7 Å². The van der Waals surface area contributed by atoms with E-state index in [4.69, 9.17) is 4.74 Å². The summed E-state index contributed by atoms with van der Waals surface area (Å²) in [6, 6.07) is 13.1. The average molecular weight is 445 g/mol. The van der Waals surface area contributed by atoms with Crippen molar-refractivity contribution in [2.75, 3.05) is 13.1 Å². The van der Waals surface area contributed by atoms with Crippen LogP contribution >= 0.6 is 0 Å². The van der Waals surface area contributed by atoms with E-state index in [1.807, 2.05) is 36.4 Å². The van der Waals surface area contributed by atoms with Crippen molar-refractivity contribution in [3.63, 3.8) is 0 Å². The minimum absolute atomic E-state index is 0.0810. The van der Waals surface area contributed by atoms with Gasteiger partial charge in [0, 0.05) is 30.1 Å². The summed E-state index contributed by atoms with van der Waals surface area (Å²) in [7, 11) is 0. The van der Waals surface area contributed by atoms with Gasteiger partial charge in [0.2, 0.25) is 0 Å². The van der Waals surface area contributed by atoms with Crippen LogP contribution in [0.5, 0.6) is 11.5 Å². The molecule has 4 atom stereocenters. The minimum atomic E-state index is -0.657. The van der Waals surface area contributed by atoms with Crippen LogP contribution in [0.15, 0.2) is 42.5 Å². The van der Waals surface area contributed by atoms with Gasteiger partial charge in [-0.15, -0.1) is 0 Å². The Balaban J connectivity index is 1.43. The van der Waals surface area contributed by atoms with Crippen LogP contribution in [0.1, 0.15) is 53.6 Å². The normalized spacial score (nSPS) is 33.9. The predicted octanol–water partition coefficient (Wildman–Crippen LogP) is 2.96. The number of amides is 1. The minimum Gasteiger partial charge on any atom is -0.504 e. The van der Waals surface area contributed by atoms with Crippen molar-refractivity contribution in [1.29, 1.82) is 0 Å². The molecule has 170 valence electrons. The van der Waals surface area contributed by atoms with E-state index < -0.39 is 17.1 Å². The maximum Gasteiger partial charge on any atom is 0.251 e. The van der Waals surface area contributed by atoms with Gasteiger partial charge in [0.25, 0.3) is 5.91 Å². The van der Waals surface area contributed by atoms with Gasteiger partial charge in [-0.25, -0.2) is 0 Å². The van der Waals surface area contributed by atoms with Crippen LogP contribution in [0.3, 0.4) is 0 Å². The SMILES string of the molecule is O=C(N[C@@]12CCC(=O)C3Oc4c(O)ccc5c4[C@@]31CCN(CC1CC1)[C@@H]2C5)c1ccccc1. The highest BCUT2D eigenvalue weighted by atomic mass is 16.5. The van der Waals surface area contributed by atoms with Crippen LogP contribution in [-0.4, -0.2) is 52.5 Å². The molecule has 1 spiro atoms. The van der Waals surface area contributed by atoms with Gasteiger partial charge >= 0.3 is 0 Å². The largest absolute Gasteiger partial charge is 0.504 e. The quantitative estimate of drug-likeness (QED) is 0.758. The van der Waals surface area contributed by atoms with Crippen molar-refractivity contribution >= 4 is 11.7 Å². The summed E-state index contributed by atoms with van der Waals surface area (Å²) in [5.74, 6) is 1.27. The molecular formula is C27H28N2O4. The van der Waals surface area contributed by atoms with Crippen LogP contribution in [0.2, 0.25) is 0 Å². The summed E-state index contributed by atoms with van der Waals surface area (Å²) >= 11 is 0. The van der Waals surface area contributed by atoms with Gasteiger partial charge in [0.05, 0.1) is 11.0 Å². The molecule has 1 unspecified atom stereocenters. The number of benzene rings is 2. The molecule has 2 saturated carbocycles. The van der Waals surface area contributed by atoms with E-state index in [0.717, 1.165) is 43.0 Å². The van der Waals surface area contributed by atoms with Crippen molar-refractivity contribution in [1.82, 2.24) is 10.2 Å². The number of phenols is 1. The number of aromatic hydroxyl groups is 1. The van der Waals surface area contributed by atoms with Crippen LogP contribution in [0.4, 0.5) is 0 Å². The fourth-order valence-corrected chi connectivity index (χ4v) is 7.43. The van der Waals surface area contributed by atoms with Gasteiger partial charge in [-0.3, -0.25) is 14.5 Å². The molecule has 0 radical (unpaired) electrons. The highest BCUT2D eigenvalue weighted by Gasteiger charge is 2.74. The molecular weight excluding hydrogens is 416 g/mol. The maximum atomic E-state index is 13.6. The Morgan fingerprint density at radius 1 is 1.15 bits per heavy atom. The maximum absolute atomic E-state index is 13.6. The molecule has 33 heavy (non-hydrogen) atoms. The number of carbonyl (C=O) groups is 2. The molecule has 3 fully saturated rings. The molecule has 2 aromatic carbocycles. The summed E-state index contributed by atoms with van der Waals surface area (Å²) in [4.78, 5) is 29.5. The van der Waals surface area contributed by atoms with Gasteiger partial charge in [-0.05, 0) is 68.3 Å². The average Bonchev–Trinajstić information content (AvgIpc) is 3.57. The molecule has 0 aromatic heterocycles. The number of hydrogen-bond donors (Lipinski definition) is 2. The summed E-state index contributed by atoms with van der Waals surface area (Å²) in [6.45, 7) is 1.93. The highest BCUT2D eigenvalue weighted by Crippen LogP contribution is 2.65. The molecule has 2 aromatic rings. The van der Waals surface area contributed by atoms with Crippen molar-refractivity contribution in [2.45, 2.75) is 61.6 Å². The zero-order chi connectivity index (χ0) is 22.4. The second-order valence-electron chi connectivity index (χ2n) is 10.6. The number of Topliss-reactive ketones (excluding diaryl/α,β-unsaturated/α-hetero) is 1. The number of likely N-dealkylation sites (tertiary alicyclic amines) is 1. The Morgan fingerprint density at radius 3 is 2.76 bits per heavy atom. The standard InChI is InChI=1S/C27H28N2O4/c30-19-9-8-18-14-21-27(28-25(32)17-4-2-1-3-5-17)11-10-20(31)24-26(27,22(18)23(19)33-24)12-13-29(21)15-16-6-7-16/h1-5,8-9,16,21,24,30H,6-7,10-15H2,(H,28,32)/t21-,24?,26+,27-/m1/s1. The van der Waals surface area contributed by atoms with Gasteiger partial charge in [-0.2, -0.15) is 0 Å². The first-order valence-electron chi connectivity index (χ1n) is 12.2. The van der Waals surface area contributed by atoms with Crippen LogP contribution in [-0.2, 0) is 16.6 Å². The molecule has 2 aliphatic heterocycles. The third kappa shape index (κ3) is 2.47. The number of ether oxygens (including phenoxy) is 1. The summed E-state index contributed by atoms with van der Waals surface area (Å²) in [6.07, 6.45) is 4.40. The van der Waals surface area contributed by atoms with E-state index in [1.165, 1.54) is 12.8 Å². The molecule has 6 heteroatoms. The monoisotopic (exact) mass is 444 g/mol. The predicted molar refractivity (Wildman–Crippen MR) is 121 cm³/mol. The van der Waals surface area contributed by atoms with Crippen molar-refractivity contribution in [3.8, 4) is 11.5 Å². The number of rotatable bonds is 4. The lowest BCUT2D eigenvalue weighted by Gasteiger charge is -2.65. The molecule has 1 saturated heterocycles. The molecule has 5 aliphatic rings. The van der Waals surface area contributed by atoms with Crippen LogP contribution < -0.4 is 10.1 Å². The second kappa shape index (κ2) is 6.60. The Kier molecular flexibility index (Phi) is 3.92. The summed E-state index contributed by atoms with van der Waals surface area (Å²) in [5, 5.41) is 14.2. The molecule has 2 bridgehead atoms. The van der Waals surface area contributed by atoms with E-state index in [2.05, 4.69) is 10.2 Å². The Morgan fingerprint density at radius 2 is 1.97 bits per heavy atom. The Hall–Kier alpha value is -2.86. The van der Waals surface area contributed by atoms with Crippen LogP contribution in [0, 0.1) is 5.92 Å². The van der Waals surface area contributed by atoms with Crippen molar-refractivity contribution < 1.29 is 19.4 Å². The zero-order valence-electron chi connectivity index (χ0n) is 18.5. The number of ketones is 1. The lowest BCUT2D eigenvalue weighted by molar-refractivity contribution is -0.143. The van der Waals surface area contributed by atoms with E-state index in [1.54, 1.807) is 6.07 Å². The number of nitrogens with zero attached hydrogens (tertiary/aromatic N) is 1.